The molecule has 1 amide bonds. The van der Waals surface area contributed by atoms with Crippen LogP contribution >= 0.6 is 22.9 Å². The molecular formula is C33H28ClN3O4S. The number of halogens is 1. The normalized spacial score (nSPS) is 13.7. The second kappa shape index (κ2) is 10.6. The Kier molecular flexibility index (Phi) is 7.09. The minimum absolute atomic E-state index is 0.0115. The summed E-state index contributed by atoms with van der Waals surface area (Å²) < 4.78 is 6.98. The highest BCUT2D eigenvalue weighted by Gasteiger charge is 2.32. The lowest BCUT2D eigenvalue weighted by molar-refractivity contribution is -0.160. The molecule has 1 unspecified atom stereocenters. The van der Waals surface area contributed by atoms with Gasteiger partial charge in [-0.15, -0.1) is 11.3 Å². The van der Waals surface area contributed by atoms with Crippen molar-refractivity contribution in [2.24, 2.45) is 0 Å². The van der Waals surface area contributed by atoms with Gasteiger partial charge in [-0.05, 0) is 86.8 Å². The second-order valence-electron chi connectivity index (χ2n) is 11.3. The number of ether oxygens (including phenoxy) is 1. The van der Waals surface area contributed by atoms with Crippen LogP contribution < -0.4 is 5.32 Å². The number of thiazole rings is 1. The number of carbonyl (C=O) groups is 2. The van der Waals surface area contributed by atoms with Crippen LogP contribution in [0.15, 0.2) is 66.9 Å². The van der Waals surface area contributed by atoms with Crippen molar-refractivity contribution in [1.29, 1.82) is 0 Å². The van der Waals surface area contributed by atoms with Crippen LogP contribution in [0.1, 0.15) is 43.6 Å². The average molecular weight is 598 g/mol. The highest BCUT2D eigenvalue weighted by molar-refractivity contribution is 7.22. The van der Waals surface area contributed by atoms with Gasteiger partial charge in [0.25, 0.3) is 0 Å². The summed E-state index contributed by atoms with van der Waals surface area (Å²) in [5, 5.41) is 14.5. The summed E-state index contributed by atoms with van der Waals surface area (Å²) in [6, 6.07) is 19.1. The lowest BCUT2D eigenvalue weighted by Gasteiger charge is -2.28. The molecule has 0 spiro atoms. The van der Waals surface area contributed by atoms with E-state index in [9.17, 15) is 14.7 Å². The van der Waals surface area contributed by atoms with Gasteiger partial charge in [-0.3, -0.25) is 9.78 Å². The Morgan fingerprint density at radius 1 is 1.05 bits per heavy atom. The van der Waals surface area contributed by atoms with Gasteiger partial charge in [0, 0.05) is 39.2 Å². The Labute approximate surface area is 252 Å². The summed E-state index contributed by atoms with van der Waals surface area (Å²) in [6.07, 6.45) is 0.924. The van der Waals surface area contributed by atoms with Gasteiger partial charge in [-0.1, -0.05) is 29.8 Å². The van der Waals surface area contributed by atoms with Gasteiger partial charge in [0.1, 0.15) is 5.01 Å². The van der Waals surface area contributed by atoms with Crippen molar-refractivity contribution in [3.63, 3.8) is 0 Å². The average Bonchev–Trinajstić information content (AvgIpc) is 3.53. The van der Waals surface area contributed by atoms with Crippen molar-refractivity contribution in [1.82, 2.24) is 9.97 Å². The molecule has 7 nitrogen and oxygen atoms in total. The molecule has 0 radical (unpaired) electrons. The fourth-order valence-electron chi connectivity index (χ4n) is 5.27. The Hall–Kier alpha value is -4.11. The molecule has 6 rings (SSSR count). The fourth-order valence-corrected chi connectivity index (χ4v) is 6.52. The van der Waals surface area contributed by atoms with E-state index < -0.39 is 17.7 Å². The number of aryl methyl sites for hydroxylation is 1. The van der Waals surface area contributed by atoms with Gasteiger partial charge in [-0.2, -0.15) is 0 Å². The Bertz CT molecular complexity index is 1880. The van der Waals surface area contributed by atoms with Crippen LogP contribution in [0.3, 0.4) is 0 Å². The van der Waals surface area contributed by atoms with Crippen molar-refractivity contribution in [2.75, 3.05) is 5.32 Å². The summed E-state index contributed by atoms with van der Waals surface area (Å²) >= 11 is 7.72. The summed E-state index contributed by atoms with van der Waals surface area (Å²) in [5.74, 6) is -1.07. The molecule has 1 aliphatic rings. The number of aliphatic carboxylic acids is 1. The van der Waals surface area contributed by atoms with Crippen molar-refractivity contribution in [3.8, 4) is 33.0 Å². The number of aromatic nitrogens is 2. The van der Waals surface area contributed by atoms with E-state index in [2.05, 4.69) is 10.3 Å². The van der Waals surface area contributed by atoms with Crippen LogP contribution in [0.4, 0.5) is 5.69 Å². The lowest BCUT2D eigenvalue weighted by atomic mass is 9.91. The number of fused-ring (bicyclic) bond motifs is 2. The first-order valence-electron chi connectivity index (χ1n) is 13.5. The van der Waals surface area contributed by atoms with E-state index in [0.717, 1.165) is 60.0 Å². The number of rotatable bonds is 6. The quantitative estimate of drug-likeness (QED) is 0.205. The summed E-state index contributed by atoms with van der Waals surface area (Å²) in [6.45, 7) is 7.44. The van der Waals surface area contributed by atoms with Crippen LogP contribution in [0, 0.1) is 6.92 Å². The van der Waals surface area contributed by atoms with Gasteiger partial charge < -0.3 is 15.2 Å². The third-order valence-corrected chi connectivity index (χ3v) is 8.44. The molecular weight excluding hydrogens is 570 g/mol. The Morgan fingerprint density at radius 3 is 2.50 bits per heavy atom. The molecule has 5 aromatic rings. The molecule has 1 atom stereocenters. The zero-order chi connectivity index (χ0) is 29.8. The first-order chi connectivity index (χ1) is 20.0. The van der Waals surface area contributed by atoms with Crippen LogP contribution in [0.5, 0.6) is 0 Å². The number of carboxylic acids is 1. The molecule has 0 saturated heterocycles. The molecule has 3 aromatic carbocycles. The van der Waals surface area contributed by atoms with Gasteiger partial charge >= 0.3 is 5.97 Å². The number of carbonyl (C=O) groups excluding carboxylic acids is 1. The maximum atomic E-state index is 12.6. The number of carboxylic acid groups (broad SMARTS) is 1. The SMILES string of the molecule is Cc1cc2nc(-c3ccnc(-c4ccc5c(c4)CC(=O)N5)c3)sc2c(-c2ccc(Cl)cc2)c1C(OC(C)(C)C)C(=O)O. The number of hydrogen-bond donors (Lipinski definition) is 2. The highest BCUT2D eigenvalue weighted by atomic mass is 35.5. The molecule has 0 fully saturated rings. The van der Waals surface area contributed by atoms with Crippen LogP contribution in [0.2, 0.25) is 5.02 Å². The fraction of sp³-hybridized carbons (Fsp3) is 0.212. The maximum Gasteiger partial charge on any atom is 0.337 e. The molecule has 0 bridgehead atoms. The monoisotopic (exact) mass is 597 g/mol. The van der Waals surface area contributed by atoms with Crippen LogP contribution in [-0.2, 0) is 20.7 Å². The largest absolute Gasteiger partial charge is 0.479 e. The van der Waals surface area contributed by atoms with E-state index in [1.807, 2.05) is 76.2 Å². The molecule has 42 heavy (non-hydrogen) atoms. The molecule has 0 saturated carbocycles. The molecule has 9 heteroatoms. The predicted molar refractivity (Wildman–Crippen MR) is 167 cm³/mol. The highest BCUT2D eigenvalue weighted by Crippen LogP contribution is 2.44. The van der Waals surface area contributed by atoms with Crippen LogP contribution in [0.25, 0.3) is 43.2 Å². The summed E-state index contributed by atoms with van der Waals surface area (Å²) in [4.78, 5) is 34.0. The minimum atomic E-state index is -1.18. The van der Waals surface area contributed by atoms with E-state index in [1.165, 1.54) is 11.3 Å². The molecule has 3 heterocycles. The predicted octanol–water partition coefficient (Wildman–Crippen LogP) is 8.09. The van der Waals surface area contributed by atoms with E-state index >= 15 is 0 Å². The zero-order valence-electron chi connectivity index (χ0n) is 23.5. The summed E-state index contributed by atoms with van der Waals surface area (Å²) in [7, 11) is 0. The number of anilines is 1. The van der Waals surface area contributed by atoms with E-state index in [4.69, 9.17) is 21.3 Å². The number of hydrogen-bond acceptors (Lipinski definition) is 6. The number of benzene rings is 3. The van der Waals surface area contributed by atoms with E-state index in [1.54, 1.807) is 18.3 Å². The van der Waals surface area contributed by atoms with E-state index in [0.29, 0.717) is 17.0 Å². The van der Waals surface area contributed by atoms with Crippen molar-refractivity contribution in [2.45, 2.75) is 45.8 Å². The van der Waals surface area contributed by atoms with Gasteiger partial charge in [-0.25, -0.2) is 9.78 Å². The van der Waals surface area contributed by atoms with Gasteiger partial charge in [0.2, 0.25) is 5.91 Å². The third kappa shape index (κ3) is 5.41. The van der Waals surface area contributed by atoms with E-state index in [-0.39, 0.29) is 5.91 Å². The second-order valence-corrected chi connectivity index (χ2v) is 12.8. The summed E-state index contributed by atoms with van der Waals surface area (Å²) in [5.41, 5.74) is 7.41. The zero-order valence-corrected chi connectivity index (χ0v) is 25.1. The van der Waals surface area contributed by atoms with Gasteiger partial charge in [0.05, 0.1) is 27.9 Å². The third-order valence-electron chi connectivity index (χ3n) is 7.05. The van der Waals surface area contributed by atoms with Gasteiger partial charge in [0.15, 0.2) is 6.10 Å². The first kappa shape index (κ1) is 28.0. The first-order valence-corrected chi connectivity index (χ1v) is 14.7. The molecule has 0 aliphatic carbocycles. The Balaban J connectivity index is 1.51. The minimum Gasteiger partial charge on any atom is -0.479 e. The topological polar surface area (TPSA) is 101 Å². The molecule has 212 valence electrons. The molecule has 1 aliphatic heterocycles. The molecule has 2 aromatic heterocycles. The smallest absolute Gasteiger partial charge is 0.337 e. The number of pyridine rings is 1. The van der Waals surface area contributed by atoms with Crippen molar-refractivity contribution >= 4 is 50.7 Å². The van der Waals surface area contributed by atoms with Crippen molar-refractivity contribution < 1.29 is 19.4 Å². The van der Waals surface area contributed by atoms with Crippen molar-refractivity contribution in [3.05, 3.63) is 88.6 Å². The number of nitrogens with one attached hydrogen (secondary N) is 1. The number of nitrogens with zero attached hydrogens (tertiary/aromatic N) is 2. The van der Waals surface area contributed by atoms with Crippen LogP contribution in [-0.4, -0.2) is 32.6 Å². The lowest BCUT2D eigenvalue weighted by Crippen LogP contribution is -2.28. The molecule has 2 N–H and O–H groups in total. The Morgan fingerprint density at radius 2 is 1.79 bits per heavy atom. The maximum absolute atomic E-state index is 12.6. The number of amides is 1. The standard InChI is InChI=1S/C33H28ClN3O4S/c1-17-13-25-30(28(18-5-8-22(34)9-6-18)27(17)29(32(39)40)41-33(2,3)4)42-31(37-25)20-11-12-35-24(15-20)19-7-10-23-21(14-19)16-26(38)36-23/h5-15,29H,16H2,1-4H3,(H,36,38)(H,39,40).